The second kappa shape index (κ2) is 6.49. The highest BCUT2D eigenvalue weighted by atomic mass is 35.5. The molecule has 0 spiro atoms. The number of hydrogen-bond acceptors (Lipinski definition) is 3. The Labute approximate surface area is 151 Å². The smallest absolute Gasteiger partial charge is 0.339 e. The lowest BCUT2D eigenvalue weighted by molar-refractivity contribution is 0.0339. The lowest BCUT2D eigenvalue weighted by Crippen LogP contribution is -2.13. The Hall–Kier alpha value is -2.39. The van der Waals surface area contributed by atoms with E-state index >= 15 is 0 Å². The Bertz CT molecular complexity index is 967. The summed E-state index contributed by atoms with van der Waals surface area (Å²) in [4.78, 5) is 17.7. The fourth-order valence-electron chi connectivity index (χ4n) is 3.53. The Morgan fingerprint density at radius 3 is 2.72 bits per heavy atom. The third-order valence-electron chi connectivity index (χ3n) is 4.75. The van der Waals surface area contributed by atoms with Crippen LogP contribution in [0.3, 0.4) is 0 Å². The molecular formula is C21H18ClNO2. The van der Waals surface area contributed by atoms with Crippen molar-refractivity contribution < 1.29 is 9.53 Å². The lowest BCUT2D eigenvalue weighted by Gasteiger charge is -2.17. The Kier molecular flexibility index (Phi) is 4.18. The van der Waals surface area contributed by atoms with E-state index in [1.807, 2.05) is 49.4 Å². The van der Waals surface area contributed by atoms with Crippen LogP contribution < -0.4 is 0 Å². The number of aryl methyl sites for hydroxylation is 1. The highest BCUT2D eigenvalue weighted by molar-refractivity contribution is 6.31. The second-order valence-corrected chi connectivity index (χ2v) is 6.76. The number of benzene rings is 2. The molecule has 0 radical (unpaired) electrons. The normalized spacial score (nSPS) is 14.3. The number of hydrogen-bond donors (Lipinski definition) is 0. The molecular weight excluding hydrogens is 334 g/mol. The van der Waals surface area contributed by atoms with E-state index in [1.54, 1.807) is 6.07 Å². The number of aromatic nitrogens is 1. The molecule has 4 rings (SSSR count). The molecule has 4 heteroatoms. The van der Waals surface area contributed by atoms with E-state index in [9.17, 15) is 4.79 Å². The summed E-state index contributed by atoms with van der Waals surface area (Å²) < 4.78 is 5.79. The molecule has 1 aromatic heterocycles. The number of ether oxygens (including phenoxy) is 1. The first-order valence-electron chi connectivity index (χ1n) is 8.51. The Morgan fingerprint density at radius 1 is 1.12 bits per heavy atom. The minimum atomic E-state index is -0.412. The number of esters is 1. The molecule has 0 aliphatic heterocycles. The van der Waals surface area contributed by atoms with Crippen molar-refractivity contribution in [3.63, 3.8) is 0 Å². The Morgan fingerprint density at radius 2 is 1.88 bits per heavy atom. The molecule has 25 heavy (non-hydrogen) atoms. The number of rotatable bonds is 3. The van der Waals surface area contributed by atoms with Gasteiger partial charge in [0, 0.05) is 21.7 Å². The zero-order chi connectivity index (χ0) is 17.4. The summed E-state index contributed by atoms with van der Waals surface area (Å²) in [6.45, 7) is 1.85. The Balaban J connectivity index is 1.74. The van der Waals surface area contributed by atoms with Crippen molar-refractivity contribution in [2.45, 2.75) is 32.3 Å². The van der Waals surface area contributed by atoms with Gasteiger partial charge in [0.1, 0.15) is 6.10 Å². The van der Waals surface area contributed by atoms with Gasteiger partial charge in [0.2, 0.25) is 0 Å². The zero-order valence-corrected chi connectivity index (χ0v) is 14.7. The monoisotopic (exact) mass is 351 g/mol. The molecule has 126 valence electrons. The van der Waals surface area contributed by atoms with Crippen molar-refractivity contribution >= 4 is 28.5 Å². The first-order valence-corrected chi connectivity index (χ1v) is 8.89. The average molecular weight is 352 g/mol. The third kappa shape index (κ3) is 2.89. The van der Waals surface area contributed by atoms with Gasteiger partial charge in [-0.15, -0.1) is 0 Å². The second-order valence-electron chi connectivity index (χ2n) is 6.35. The van der Waals surface area contributed by atoms with Crippen LogP contribution in [-0.4, -0.2) is 11.0 Å². The van der Waals surface area contributed by atoms with Crippen molar-refractivity contribution in [1.29, 1.82) is 0 Å². The predicted molar refractivity (Wildman–Crippen MR) is 99.1 cm³/mol. The van der Waals surface area contributed by atoms with Crippen LogP contribution in [-0.2, 0) is 17.6 Å². The molecule has 0 unspecified atom stereocenters. The van der Waals surface area contributed by atoms with Crippen LogP contribution in [0.5, 0.6) is 0 Å². The first-order chi connectivity index (χ1) is 12.1. The average Bonchev–Trinajstić information content (AvgIpc) is 3.07. The summed E-state index contributed by atoms with van der Waals surface area (Å²) in [5.41, 5.74) is 4.39. The van der Waals surface area contributed by atoms with E-state index in [-0.39, 0.29) is 5.97 Å². The van der Waals surface area contributed by atoms with E-state index in [0.717, 1.165) is 47.0 Å². The van der Waals surface area contributed by atoms with E-state index in [0.29, 0.717) is 10.6 Å². The molecule has 1 aliphatic rings. The minimum Gasteiger partial charge on any atom is -0.454 e. The molecule has 3 nitrogen and oxygen atoms in total. The molecule has 0 bridgehead atoms. The maximum atomic E-state index is 13.0. The van der Waals surface area contributed by atoms with Gasteiger partial charge in [-0.2, -0.15) is 0 Å². The highest BCUT2D eigenvalue weighted by Gasteiger charge is 2.26. The number of nitrogens with zero attached hydrogens (tertiary/aromatic N) is 1. The van der Waals surface area contributed by atoms with Crippen molar-refractivity contribution in [2.24, 2.45) is 0 Å². The van der Waals surface area contributed by atoms with Crippen LogP contribution in [0.2, 0.25) is 5.02 Å². The van der Waals surface area contributed by atoms with Gasteiger partial charge in [-0.3, -0.25) is 4.98 Å². The molecule has 0 amide bonds. The molecule has 2 aromatic carbocycles. The third-order valence-corrected chi connectivity index (χ3v) is 5.09. The summed E-state index contributed by atoms with van der Waals surface area (Å²) in [5, 5.41) is 1.46. The fraction of sp³-hybridized carbons (Fsp3) is 0.238. The van der Waals surface area contributed by atoms with Gasteiger partial charge in [0.25, 0.3) is 0 Å². The molecule has 3 aromatic rings. The van der Waals surface area contributed by atoms with Crippen LogP contribution >= 0.6 is 11.6 Å². The molecule has 1 aliphatic carbocycles. The highest BCUT2D eigenvalue weighted by Crippen LogP contribution is 2.32. The molecule has 1 heterocycles. The van der Waals surface area contributed by atoms with Gasteiger partial charge < -0.3 is 4.74 Å². The largest absolute Gasteiger partial charge is 0.454 e. The van der Waals surface area contributed by atoms with Crippen molar-refractivity contribution in [3.8, 4) is 0 Å². The summed E-state index contributed by atoms with van der Waals surface area (Å²) in [6, 6.07) is 15.2. The van der Waals surface area contributed by atoms with E-state index in [4.69, 9.17) is 21.3 Å². The molecule has 0 saturated carbocycles. The lowest BCUT2D eigenvalue weighted by atomic mass is 10.0. The number of carbonyl (C=O) groups is 1. The SMILES string of the molecule is C[C@H](OC(=O)c1c2c(nc3ccccc13)CCC2)c1ccccc1Cl. The topological polar surface area (TPSA) is 39.2 Å². The number of carbonyl (C=O) groups excluding carboxylic acids is 1. The van der Waals surface area contributed by atoms with Gasteiger partial charge >= 0.3 is 5.97 Å². The van der Waals surface area contributed by atoms with Crippen molar-refractivity contribution in [2.75, 3.05) is 0 Å². The summed E-state index contributed by atoms with van der Waals surface area (Å²) in [5.74, 6) is -0.302. The summed E-state index contributed by atoms with van der Waals surface area (Å²) >= 11 is 6.24. The van der Waals surface area contributed by atoms with Gasteiger partial charge in [0.15, 0.2) is 0 Å². The maximum Gasteiger partial charge on any atom is 0.339 e. The van der Waals surface area contributed by atoms with E-state index in [2.05, 4.69) is 0 Å². The van der Waals surface area contributed by atoms with Crippen molar-refractivity contribution in [3.05, 3.63) is 75.9 Å². The number of para-hydroxylation sites is 1. The maximum absolute atomic E-state index is 13.0. The quantitative estimate of drug-likeness (QED) is 0.601. The van der Waals surface area contributed by atoms with Crippen LogP contribution in [0.1, 0.15) is 46.6 Å². The molecule has 0 N–H and O–H groups in total. The van der Waals surface area contributed by atoms with Crippen LogP contribution in [0.4, 0.5) is 0 Å². The molecule has 0 saturated heterocycles. The van der Waals surface area contributed by atoms with Gasteiger partial charge in [-0.1, -0.05) is 48.0 Å². The van der Waals surface area contributed by atoms with E-state index < -0.39 is 6.10 Å². The molecule has 1 atom stereocenters. The van der Waals surface area contributed by atoms with Crippen LogP contribution in [0.15, 0.2) is 48.5 Å². The number of halogens is 1. The zero-order valence-electron chi connectivity index (χ0n) is 14.0. The van der Waals surface area contributed by atoms with Gasteiger partial charge in [-0.05, 0) is 43.9 Å². The van der Waals surface area contributed by atoms with Crippen LogP contribution in [0.25, 0.3) is 10.9 Å². The number of pyridine rings is 1. The first kappa shape index (κ1) is 16.1. The summed E-state index contributed by atoms with van der Waals surface area (Å²) in [6.07, 6.45) is 2.41. The van der Waals surface area contributed by atoms with Crippen LogP contribution in [0, 0.1) is 0 Å². The fourth-order valence-corrected chi connectivity index (χ4v) is 3.82. The standard InChI is InChI=1S/C21H18ClNO2/c1-13(14-7-2-4-10-17(14)22)25-21(24)20-15-8-3-5-11-18(15)23-19-12-6-9-16(19)20/h2-5,7-8,10-11,13H,6,9,12H2,1H3/t13-/m0/s1. The van der Waals surface area contributed by atoms with Crippen molar-refractivity contribution in [1.82, 2.24) is 4.98 Å². The summed E-state index contributed by atoms with van der Waals surface area (Å²) in [7, 11) is 0. The van der Waals surface area contributed by atoms with Gasteiger partial charge in [0.05, 0.1) is 11.1 Å². The van der Waals surface area contributed by atoms with E-state index in [1.165, 1.54) is 0 Å². The number of fused-ring (bicyclic) bond motifs is 2. The predicted octanol–water partition coefficient (Wildman–Crippen LogP) is 5.29. The van der Waals surface area contributed by atoms with Gasteiger partial charge in [-0.25, -0.2) is 4.79 Å². The molecule has 0 fully saturated rings. The minimum absolute atomic E-state index is 0.302.